The summed E-state index contributed by atoms with van der Waals surface area (Å²) < 4.78 is 10.4. The van der Waals surface area contributed by atoms with Gasteiger partial charge in [0.2, 0.25) is 0 Å². The second-order valence-electron chi connectivity index (χ2n) is 7.79. The third kappa shape index (κ3) is 5.46. The topological polar surface area (TPSA) is 59.1 Å². The van der Waals surface area contributed by atoms with Crippen LogP contribution in [0.5, 0.6) is 0 Å². The lowest BCUT2D eigenvalue weighted by Gasteiger charge is -2.41. The molecule has 1 saturated heterocycles. The lowest BCUT2D eigenvalue weighted by atomic mass is 9.96. The average molecular weight is 362 g/mol. The smallest absolute Gasteiger partial charge is 0.411 e. The number of likely N-dealkylation sites (tertiary alicyclic amines) is 1. The number of benzene rings is 1. The second kappa shape index (κ2) is 8.54. The summed E-state index contributed by atoms with van der Waals surface area (Å²) in [5.41, 5.74) is 0.623. The minimum atomic E-state index is -0.619. The van der Waals surface area contributed by atoms with Crippen LogP contribution in [0.1, 0.15) is 39.2 Å². The maximum atomic E-state index is 12.5. The van der Waals surface area contributed by atoms with Crippen molar-refractivity contribution in [1.82, 2.24) is 9.80 Å². The maximum absolute atomic E-state index is 12.5. The lowest BCUT2D eigenvalue weighted by molar-refractivity contribution is -0.149. The molecule has 0 aromatic heterocycles. The van der Waals surface area contributed by atoms with E-state index in [4.69, 9.17) is 9.47 Å². The number of rotatable bonds is 4. The first-order chi connectivity index (χ1) is 12.2. The van der Waals surface area contributed by atoms with Gasteiger partial charge in [0.1, 0.15) is 11.6 Å². The van der Waals surface area contributed by atoms with E-state index in [1.54, 1.807) is 0 Å². The molecule has 0 bridgehead atoms. The Balaban J connectivity index is 2.06. The first-order valence-electron chi connectivity index (χ1n) is 9.03. The standard InChI is InChI=1S/C20H30N2O4/c1-20(2,3)26-19(24)22-12-11-16(13-17(22)18(23)25-5)21(4)14-15-9-7-6-8-10-15/h6-10,16-17H,11-14H2,1-5H3/t16-,17-/m0/s1. The monoisotopic (exact) mass is 362 g/mol. The Morgan fingerprint density at radius 1 is 1.23 bits per heavy atom. The molecule has 1 amide bonds. The van der Waals surface area contributed by atoms with E-state index in [-0.39, 0.29) is 6.04 Å². The molecule has 1 heterocycles. The highest BCUT2D eigenvalue weighted by Gasteiger charge is 2.39. The predicted octanol–water partition coefficient (Wildman–Crippen LogP) is 3.06. The van der Waals surface area contributed by atoms with Gasteiger partial charge >= 0.3 is 12.1 Å². The minimum Gasteiger partial charge on any atom is -0.467 e. The van der Waals surface area contributed by atoms with Crippen LogP contribution in [-0.2, 0) is 20.8 Å². The molecule has 1 aromatic carbocycles. The van der Waals surface area contributed by atoms with Crippen LogP contribution in [0, 0.1) is 0 Å². The number of carbonyl (C=O) groups excluding carboxylic acids is 2. The van der Waals surface area contributed by atoms with Crippen LogP contribution >= 0.6 is 0 Å². The molecule has 1 aliphatic rings. The van der Waals surface area contributed by atoms with Gasteiger partial charge in [-0.05, 0) is 46.2 Å². The van der Waals surface area contributed by atoms with E-state index in [1.165, 1.54) is 17.6 Å². The van der Waals surface area contributed by atoms with Crippen LogP contribution in [0.2, 0.25) is 0 Å². The highest BCUT2D eigenvalue weighted by atomic mass is 16.6. The van der Waals surface area contributed by atoms with E-state index >= 15 is 0 Å². The molecular weight excluding hydrogens is 332 g/mol. The summed E-state index contributed by atoms with van der Waals surface area (Å²) in [6.45, 7) is 6.72. The number of piperidine rings is 1. The first kappa shape index (κ1) is 20.2. The Hall–Kier alpha value is -2.08. The molecule has 0 N–H and O–H groups in total. The van der Waals surface area contributed by atoms with E-state index in [0.717, 1.165) is 13.0 Å². The molecule has 1 fully saturated rings. The van der Waals surface area contributed by atoms with Crippen molar-refractivity contribution in [3.8, 4) is 0 Å². The molecule has 26 heavy (non-hydrogen) atoms. The molecule has 0 aliphatic carbocycles. The minimum absolute atomic E-state index is 0.193. The number of esters is 1. The molecule has 1 aromatic rings. The van der Waals surface area contributed by atoms with Crippen LogP contribution < -0.4 is 0 Å². The summed E-state index contributed by atoms with van der Waals surface area (Å²) >= 11 is 0. The van der Waals surface area contributed by atoms with Crippen LogP contribution in [0.15, 0.2) is 30.3 Å². The number of nitrogens with zero attached hydrogens (tertiary/aromatic N) is 2. The van der Waals surface area contributed by atoms with Gasteiger partial charge in [-0.1, -0.05) is 30.3 Å². The van der Waals surface area contributed by atoms with Gasteiger partial charge in [-0.15, -0.1) is 0 Å². The third-order valence-electron chi connectivity index (χ3n) is 4.57. The van der Waals surface area contributed by atoms with Crippen LogP contribution in [0.3, 0.4) is 0 Å². The zero-order chi connectivity index (χ0) is 19.3. The van der Waals surface area contributed by atoms with Crippen LogP contribution in [-0.4, -0.2) is 60.2 Å². The van der Waals surface area contributed by atoms with Crippen molar-refractivity contribution in [2.45, 2.75) is 57.8 Å². The Morgan fingerprint density at radius 2 is 1.88 bits per heavy atom. The van der Waals surface area contributed by atoms with E-state index in [1.807, 2.05) is 39.0 Å². The largest absolute Gasteiger partial charge is 0.467 e. The zero-order valence-electron chi connectivity index (χ0n) is 16.4. The van der Waals surface area contributed by atoms with Gasteiger partial charge in [0, 0.05) is 19.1 Å². The lowest BCUT2D eigenvalue weighted by Crippen LogP contribution is -2.55. The van der Waals surface area contributed by atoms with Gasteiger partial charge in [-0.3, -0.25) is 9.80 Å². The number of amides is 1. The summed E-state index contributed by atoms with van der Waals surface area (Å²) in [6, 6.07) is 9.78. The summed E-state index contributed by atoms with van der Waals surface area (Å²) in [4.78, 5) is 28.5. The Kier molecular flexibility index (Phi) is 6.64. The van der Waals surface area contributed by atoms with Gasteiger partial charge in [-0.25, -0.2) is 9.59 Å². The third-order valence-corrected chi connectivity index (χ3v) is 4.57. The fraction of sp³-hybridized carbons (Fsp3) is 0.600. The number of methoxy groups -OCH3 is 1. The highest BCUT2D eigenvalue weighted by molar-refractivity contribution is 5.81. The molecule has 2 rings (SSSR count). The number of carbonyl (C=O) groups is 2. The fourth-order valence-electron chi connectivity index (χ4n) is 3.25. The first-order valence-corrected chi connectivity index (χ1v) is 9.03. The van der Waals surface area contributed by atoms with Crippen LogP contribution in [0.25, 0.3) is 0 Å². The SMILES string of the molecule is COC(=O)[C@@H]1C[C@@H](N(C)Cc2ccccc2)CCN1C(=O)OC(C)(C)C. The summed E-state index contributed by atoms with van der Waals surface area (Å²) in [5, 5.41) is 0. The van der Waals surface area contributed by atoms with E-state index in [9.17, 15) is 9.59 Å². The summed E-state index contributed by atoms with van der Waals surface area (Å²) in [6.07, 6.45) is 0.864. The highest BCUT2D eigenvalue weighted by Crippen LogP contribution is 2.25. The number of ether oxygens (including phenoxy) is 2. The van der Waals surface area contributed by atoms with Crippen molar-refractivity contribution in [3.63, 3.8) is 0 Å². The molecule has 144 valence electrons. The van der Waals surface area contributed by atoms with E-state index in [0.29, 0.717) is 13.0 Å². The predicted molar refractivity (Wildman–Crippen MR) is 99.7 cm³/mol. The Labute approximate surface area is 156 Å². The molecule has 2 atom stereocenters. The summed E-state index contributed by atoms with van der Waals surface area (Å²) in [7, 11) is 3.40. The Bertz CT molecular complexity index is 612. The quantitative estimate of drug-likeness (QED) is 0.771. The van der Waals surface area contributed by atoms with Crippen molar-refractivity contribution in [2.24, 2.45) is 0 Å². The molecule has 1 aliphatic heterocycles. The van der Waals surface area contributed by atoms with E-state index in [2.05, 4.69) is 24.1 Å². The van der Waals surface area contributed by atoms with Crippen molar-refractivity contribution in [3.05, 3.63) is 35.9 Å². The van der Waals surface area contributed by atoms with Gasteiger partial charge in [-0.2, -0.15) is 0 Å². The molecule has 6 heteroatoms. The van der Waals surface area contributed by atoms with Crippen molar-refractivity contribution in [1.29, 1.82) is 0 Å². The molecule has 6 nitrogen and oxygen atoms in total. The second-order valence-corrected chi connectivity index (χ2v) is 7.79. The molecular formula is C20H30N2O4. The van der Waals surface area contributed by atoms with E-state index < -0.39 is 23.7 Å². The Morgan fingerprint density at radius 3 is 2.46 bits per heavy atom. The summed E-state index contributed by atoms with van der Waals surface area (Å²) in [5.74, 6) is -0.395. The van der Waals surface area contributed by atoms with Crippen LogP contribution in [0.4, 0.5) is 4.79 Å². The fourth-order valence-corrected chi connectivity index (χ4v) is 3.25. The van der Waals surface area contributed by atoms with Gasteiger partial charge in [0.15, 0.2) is 0 Å². The molecule has 0 radical (unpaired) electrons. The van der Waals surface area contributed by atoms with Gasteiger partial charge in [0.05, 0.1) is 7.11 Å². The number of hydrogen-bond acceptors (Lipinski definition) is 5. The van der Waals surface area contributed by atoms with Crippen molar-refractivity contribution >= 4 is 12.1 Å². The van der Waals surface area contributed by atoms with Gasteiger partial charge < -0.3 is 9.47 Å². The zero-order valence-corrected chi connectivity index (χ0v) is 16.4. The molecule has 0 spiro atoms. The normalized spacial score (nSPS) is 20.8. The van der Waals surface area contributed by atoms with Gasteiger partial charge in [0.25, 0.3) is 0 Å². The van der Waals surface area contributed by atoms with Crippen molar-refractivity contribution < 1.29 is 19.1 Å². The number of hydrogen-bond donors (Lipinski definition) is 0. The van der Waals surface area contributed by atoms with Crippen molar-refractivity contribution in [2.75, 3.05) is 20.7 Å². The maximum Gasteiger partial charge on any atom is 0.411 e. The molecule has 0 unspecified atom stereocenters. The molecule has 0 saturated carbocycles. The average Bonchev–Trinajstić information content (AvgIpc) is 2.59.